The van der Waals surface area contributed by atoms with Crippen molar-refractivity contribution in [2.75, 3.05) is 18.4 Å². The molecule has 1 saturated heterocycles. The van der Waals surface area contributed by atoms with E-state index in [4.69, 9.17) is 0 Å². The molecule has 1 N–H and O–H groups in total. The van der Waals surface area contributed by atoms with Crippen LogP contribution in [0, 0.1) is 0 Å². The van der Waals surface area contributed by atoms with Crippen LogP contribution in [0.1, 0.15) is 23.3 Å². The van der Waals surface area contributed by atoms with Gasteiger partial charge in [-0.1, -0.05) is 0 Å². The topological polar surface area (TPSA) is 97.7 Å². The zero-order valence-electron chi connectivity index (χ0n) is 17.5. The molecule has 0 unspecified atom stereocenters. The normalized spacial score (nSPS) is 14.0. The molecule has 0 saturated carbocycles. The molecule has 0 spiro atoms. The lowest BCUT2D eigenvalue weighted by Gasteiger charge is -2.14. The Hall–Kier alpha value is -4.21. The number of likely N-dealkylation sites (tertiary alicyclic amines) is 1. The van der Waals surface area contributed by atoms with Gasteiger partial charge < -0.3 is 10.2 Å². The number of carbonyl (C=O) groups excluding carboxylic acids is 1. The van der Waals surface area contributed by atoms with Crippen molar-refractivity contribution in [3.8, 4) is 11.1 Å². The van der Waals surface area contributed by atoms with Crippen molar-refractivity contribution in [3.63, 3.8) is 0 Å². The van der Waals surface area contributed by atoms with Gasteiger partial charge in [-0.05, 0) is 31.0 Å². The molecular weight excluding hydrogens is 406 g/mol. The van der Waals surface area contributed by atoms with E-state index in [0.717, 1.165) is 53.9 Å². The van der Waals surface area contributed by atoms with Crippen LogP contribution in [0.15, 0.2) is 55.4 Å². The van der Waals surface area contributed by atoms with Gasteiger partial charge in [0.05, 0.1) is 29.8 Å². The summed E-state index contributed by atoms with van der Waals surface area (Å²) in [4.78, 5) is 23.7. The lowest BCUT2D eigenvalue weighted by molar-refractivity contribution is 0.0786. The highest BCUT2D eigenvalue weighted by Gasteiger charge is 2.22. The van der Waals surface area contributed by atoms with Crippen molar-refractivity contribution in [1.29, 1.82) is 0 Å². The summed E-state index contributed by atoms with van der Waals surface area (Å²) in [5, 5.41) is 11.8. The third-order valence-corrected chi connectivity index (χ3v) is 5.81. The number of hydrogen-bond acceptors (Lipinski definition) is 6. The lowest BCUT2D eigenvalue weighted by atomic mass is 10.1. The number of nitrogens with zero attached hydrogens (tertiary/aromatic N) is 8. The standard InChI is InChI=1S/C22H21N9O/c1-28-14-16(10-25-28)26-22-24-11-18-17(6-9-31(18)27-22)15-4-5-20-23-12-19(30(20)13-15)21(32)29-7-2-3-8-29/h4-6,9-14H,2-3,7-8H2,1H3,(H,26,27). The van der Waals surface area contributed by atoms with Crippen LogP contribution in [0.4, 0.5) is 11.6 Å². The number of anilines is 2. The van der Waals surface area contributed by atoms with E-state index in [9.17, 15) is 4.79 Å². The molecule has 6 heterocycles. The summed E-state index contributed by atoms with van der Waals surface area (Å²) in [5.74, 6) is 0.513. The Kier molecular flexibility index (Phi) is 4.17. The summed E-state index contributed by atoms with van der Waals surface area (Å²) in [6, 6.07) is 5.93. The molecule has 0 atom stereocenters. The summed E-state index contributed by atoms with van der Waals surface area (Å²) >= 11 is 0. The first-order valence-corrected chi connectivity index (χ1v) is 10.5. The molecule has 6 rings (SSSR count). The molecule has 32 heavy (non-hydrogen) atoms. The first kappa shape index (κ1) is 18.6. The molecule has 1 fully saturated rings. The molecule has 10 nitrogen and oxygen atoms in total. The van der Waals surface area contributed by atoms with Gasteiger partial charge in [0.25, 0.3) is 5.91 Å². The second kappa shape index (κ2) is 7.19. The summed E-state index contributed by atoms with van der Waals surface area (Å²) in [5.41, 5.74) is 4.97. The van der Waals surface area contributed by atoms with E-state index in [1.807, 2.05) is 53.1 Å². The number of imidazole rings is 1. The number of aryl methyl sites for hydroxylation is 1. The van der Waals surface area contributed by atoms with Gasteiger partial charge in [-0.3, -0.25) is 13.9 Å². The summed E-state index contributed by atoms with van der Waals surface area (Å²) < 4.78 is 5.37. The number of pyridine rings is 1. The van der Waals surface area contributed by atoms with Gasteiger partial charge in [0, 0.05) is 49.9 Å². The number of carbonyl (C=O) groups is 1. The van der Waals surface area contributed by atoms with E-state index in [-0.39, 0.29) is 5.91 Å². The van der Waals surface area contributed by atoms with Gasteiger partial charge in [0.2, 0.25) is 5.95 Å². The molecule has 1 aliphatic heterocycles. The number of amides is 1. The van der Waals surface area contributed by atoms with Gasteiger partial charge in [-0.25, -0.2) is 14.5 Å². The first-order valence-electron chi connectivity index (χ1n) is 10.5. The van der Waals surface area contributed by atoms with Crippen LogP contribution in [0.25, 0.3) is 22.3 Å². The highest BCUT2D eigenvalue weighted by atomic mass is 16.2. The van der Waals surface area contributed by atoms with Gasteiger partial charge in [0.15, 0.2) is 0 Å². The van der Waals surface area contributed by atoms with E-state index >= 15 is 0 Å². The Bertz CT molecular complexity index is 1450. The van der Waals surface area contributed by atoms with Crippen LogP contribution in [0.3, 0.4) is 0 Å². The predicted molar refractivity (Wildman–Crippen MR) is 119 cm³/mol. The van der Waals surface area contributed by atoms with Crippen molar-refractivity contribution in [3.05, 3.63) is 61.1 Å². The predicted octanol–water partition coefficient (Wildman–Crippen LogP) is 2.76. The largest absolute Gasteiger partial charge is 0.337 e. The van der Waals surface area contributed by atoms with Crippen LogP contribution in [-0.4, -0.2) is 57.7 Å². The van der Waals surface area contributed by atoms with Crippen LogP contribution in [-0.2, 0) is 7.05 Å². The van der Waals surface area contributed by atoms with Crippen LogP contribution in [0.2, 0.25) is 0 Å². The quantitative estimate of drug-likeness (QED) is 0.474. The number of hydrogen-bond donors (Lipinski definition) is 1. The fourth-order valence-corrected chi connectivity index (χ4v) is 4.20. The maximum Gasteiger partial charge on any atom is 0.272 e. The smallest absolute Gasteiger partial charge is 0.272 e. The zero-order valence-corrected chi connectivity index (χ0v) is 17.5. The van der Waals surface area contributed by atoms with Gasteiger partial charge >= 0.3 is 0 Å². The minimum Gasteiger partial charge on any atom is -0.337 e. The van der Waals surface area contributed by atoms with E-state index in [0.29, 0.717) is 11.6 Å². The molecule has 0 bridgehead atoms. The summed E-state index contributed by atoms with van der Waals surface area (Å²) in [7, 11) is 1.86. The Labute approximate surface area is 183 Å². The van der Waals surface area contributed by atoms with Crippen molar-refractivity contribution >= 4 is 28.7 Å². The molecular formula is C22H21N9O. The first-order chi connectivity index (χ1) is 15.7. The zero-order chi connectivity index (χ0) is 21.7. The second-order valence-corrected chi connectivity index (χ2v) is 7.96. The third-order valence-electron chi connectivity index (χ3n) is 5.81. The summed E-state index contributed by atoms with van der Waals surface area (Å²) in [6.07, 6.45) is 13.0. The van der Waals surface area contributed by atoms with E-state index in [1.165, 1.54) is 0 Å². The van der Waals surface area contributed by atoms with Gasteiger partial charge in [-0.2, -0.15) is 5.10 Å². The fraction of sp³-hybridized carbons (Fsp3) is 0.227. The molecule has 0 aliphatic carbocycles. The monoisotopic (exact) mass is 427 g/mol. The number of aromatic nitrogens is 7. The van der Waals surface area contributed by atoms with Gasteiger partial charge in [-0.15, -0.1) is 5.10 Å². The molecule has 10 heteroatoms. The van der Waals surface area contributed by atoms with Crippen molar-refractivity contribution in [2.45, 2.75) is 12.8 Å². The van der Waals surface area contributed by atoms with E-state index in [1.54, 1.807) is 27.8 Å². The lowest BCUT2D eigenvalue weighted by Crippen LogP contribution is -2.28. The molecule has 0 radical (unpaired) electrons. The number of rotatable bonds is 4. The molecule has 1 aliphatic rings. The molecule has 160 valence electrons. The molecule has 0 aromatic carbocycles. The minimum absolute atomic E-state index is 0.0309. The van der Waals surface area contributed by atoms with E-state index in [2.05, 4.69) is 25.5 Å². The Morgan fingerprint density at radius 3 is 2.72 bits per heavy atom. The minimum atomic E-state index is 0.0309. The Morgan fingerprint density at radius 1 is 1.03 bits per heavy atom. The highest BCUT2D eigenvalue weighted by molar-refractivity contribution is 5.94. The maximum absolute atomic E-state index is 12.9. The average Bonchev–Trinajstić information content (AvgIpc) is 3.59. The maximum atomic E-state index is 12.9. The third kappa shape index (κ3) is 3.08. The Balaban J connectivity index is 1.35. The average molecular weight is 427 g/mol. The highest BCUT2D eigenvalue weighted by Crippen LogP contribution is 2.27. The number of fused-ring (bicyclic) bond motifs is 2. The van der Waals surface area contributed by atoms with Crippen molar-refractivity contribution < 1.29 is 4.79 Å². The van der Waals surface area contributed by atoms with Crippen molar-refractivity contribution in [1.82, 2.24) is 38.7 Å². The molecule has 5 aromatic heterocycles. The molecule has 5 aromatic rings. The van der Waals surface area contributed by atoms with Gasteiger partial charge in [0.1, 0.15) is 11.3 Å². The molecule has 1 amide bonds. The SMILES string of the molecule is Cn1cc(Nc2ncc3c(-c4ccc5ncc(C(=O)N6CCCC6)n5c4)ccn3n2)cn1. The van der Waals surface area contributed by atoms with Crippen LogP contribution in [0.5, 0.6) is 0 Å². The number of nitrogens with one attached hydrogen (secondary N) is 1. The summed E-state index contributed by atoms with van der Waals surface area (Å²) in [6.45, 7) is 1.62. The van der Waals surface area contributed by atoms with Crippen LogP contribution < -0.4 is 5.32 Å². The second-order valence-electron chi connectivity index (χ2n) is 7.96. The van der Waals surface area contributed by atoms with E-state index < -0.39 is 0 Å². The Morgan fingerprint density at radius 2 is 1.91 bits per heavy atom. The van der Waals surface area contributed by atoms with Crippen molar-refractivity contribution in [2.24, 2.45) is 7.05 Å². The fourth-order valence-electron chi connectivity index (χ4n) is 4.20. The van der Waals surface area contributed by atoms with Crippen LogP contribution >= 0.6 is 0 Å².